The largest absolute Gasteiger partial charge is 0.490 e. The predicted molar refractivity (Wildman–Crippen MR) is 124 cm³/mol. The normalized spacial score (nSPS) is 14.9. The third-order valence-corrected chi connectivity index (χ3v) is 6.50. The van der Waals surface area contributed by atoms with Crippen LogP contribution in [0.3, 0.4) is 0 Å². The fraction of sp³-hybridized carbons (Fsp3) is 0.150. The molecule has 3 rings (SSSR count). The molecule has 0 bridgehead atoms. The third-order valence-electron chi connectivity index (χ3n) is 3.83. The van der Waals surface area contributed by atoms with Crippen LogP contribution in [0.1, 0.15) is 19.4 Å². The van der Waals surface area contributed by atoms with Gasteiger partial charge in [0.05, 0.1) is 16.5 Å². The van der Waals surface area contributed by atoms with E-state index < -0.39 is 16.0 Å². The number of carbonyl (C=O) groups excluding carboxylic acids is 2. The zero-order chi connectivity index (χ0) is 23.5. The number of carbonyl (C=O) groups is 2. The first kappa shape index (κ1) is 24.1. The van der Waals surface area contributed by atoms with Gasteiger partial charge in [-0.05, 0) is 66.7 Å². The number of halogens is 2. The van der Waals surface area contributed by atoms with Crippen molar-refractivity contribution in [2.24, 2.45) is 4.99 Å². The molecule has 2 aromatic rings. The topological polar surface area (TPSA) is 111 Å². The summed E-state index contributed by atoms with van der Waals surface area (Å²) in [6.07, 6.45) is 1.50. The van der Waals surface area contributed by atoms with Crippen molar-refractivity contribution in [2.45, 2.75) is 18.7 Å². The van der Waals surface area contributed by atoms with Crippen LogP contribution < -0.4 is 14.2 Å². The van der Waals surface area contributed by atoms with Gasteiger partial charge >= 0.3 is 10.1 Å². The predicted octanol–water partition coefficient (Wildman–Crippen LogP) is 4.27. The summed E-state index contributed by atoms with van der Waals surface area (Å²) in [6.45, 7) is 3.22. The van der Waals surface area contributed by atoms with Gasteiger partial charge in [0.15, 0.2) is 10.9 Å². The van der Waals surface area contributed by atoms with Crippen molar-refractivity contribution in [3.8, 4) is 11.5 Å². The summed E-state index contributed by atoms with van der Waals surface area (Å²) in [5.74, 6) is -0.997. The van der Waals surface area contributed by atoms with Crippen molar-refractivity contribution in [2.75, 3.05) is 6.61 Å². The Hall–Kier alpha value is -2.53. The standard InChI is InChI=1S/C20H16Cl2N2O6S2/c1-3-29-16-9-12(10-17-19(26)24-20(31-17)23-11(2)25)8-15(22)18(16)30-32(27,28)14-6-4-13(21)5-7-14/h4-10H,3H2,1-2H3,(H,23,24,25,26)/b17-10+. The lowest BCUT2D eigenvalue weighted by Gasteiger charge is -2.14. The molecule has 1 heterocycles. The van der Waals surface area contributed by atoms with Gasteiger partial charge in [0.25, 0.3) is 5.91 Å². The summed E-state index contributed by atoms with van der Waals surface area (Å²) in [6, 6.07) is 8.37. The van der Waals surface area contributed by atoms with E-state index in [0.29, 0.717) is 10.6 Å². The lowest BCUT2D eigenvalue weighted by molar-refractivity contribution is -0.117. The molecule has 8 nitrogen and oxygen atoms in total. The van der Waals surface area contributed by atoms with Gasteiger partial charge in [0, 0.05) is 11.9 Å². The molecule has 32 heavy (non-hydrogen) atoms. The minimum absolute atomic E-state index is 0.0428. The van der Waals surface area contributed by atoms with Gasteiger partial charge in [0.2, 0.25) is 11.7 Å². The molecule has 0 saturated heterocycles. The van der Waals surface area contributed by atoms with Crippen LogP contribution in [0.15, 0.2) is 51.2 Å². The molecule has 0 aromatic heterocycles. The lowest BCUT2D eigenvalue weighted by Crippen LogP contribution is -2.23. The number of amidine groups is 1. The van der Waals surface area contributed by atoms with Gasteiger partial charge in [-0.1, -0.05) is 23.2 Å². The monoisotopic (exact) mass is 514 g/mol. The second kappa shape index (κ2) is 9.95. The summed E-state index contributed by atoms with van der Waals surface area (Å²) in [4.78, 5) is 27.2. The van der Waals surface area contributed by atoms with Crippen LogP contribution in [0, 0.1) is 0 Å². The smallest absolute Gasteiger partial charge is 0.339 e. The van der Waals surface area contributed by atoms with E-state index in [4.69, 9.17) is 32.1 Å². The molecule has 2 amide bonds. The second-order valence-electron chi connectivity index (χ2n) is 6.27. The molecule has 2 aromatic carbocycles. The number of thioether (sulfide) groups is 1. The van der Waals surface area contributed by atoms with Crippen molar-refractivity contribution < 1.29 is 26.9 Å². The zero-order valence-electron chi connectivity index (χ0n) is 16.7. The Morgan fingerprint density at radius 2 is 1.91 bits per heavy atom. The average molecular weight is 515 g/mol. The molecule has 0 spiro atoms. The second-order valence-corrected chi connectivity index (χ2v) is 9.69. The first-order chi connectivity index (χ1) is 15.1. The van der Waals surface area contributed by atoms with Crippen LogP contribution in [0.4, 0.5) is 0 Å². The Balaban J connectivity index is 1.93. The maximum absolute atomic E-state index is 12.7. The van der Waals surface area contributed by atoms with Gasteiger partial charge in [-0.3, -0.25) is 9.59 Å². The number of nitrogens with zero attached hydrogens (tertiary/aromatic N) is 1. The van der Waals surface area contributed by atoms with Crippen LogP contribution in [0.25, 0.3) is 6.08 Å². The summed E-state index contributed by atoms with van der Waals surface area (Å²) in [5, 5.41) is 2.95. The van der Waals surface area contributed by atoms with Crippen molar-refractivity contribution in [1.29, 1.82) is 0 Å². The van der Waals surface area contributed by atoms with Gasteiger partial charge in [0.1, 0.15) is 4.90 Å². The van der Waals surface area contributed by atoms with E-state index in [2.05, 4.69) is 10.3 Å². The molecule has 0 unspecified atom stereocenters. The number of nitrogens with one attached hydrogen (secondary N) is 1. The highest BCUT2D eigenvalue weighted by molar-refractivity contribution is 8.18. The minimum Gasteiger partial charge on any atom is -0.490 e. The van der Waals surface area contributed by atoms with E-state index in [0.717, 1.165) is 11.8 Å². The third kappa shape index (κ3) is 5.83. The molecule has 0 radical (unpaired) electrons. The molecule has 0 fully saturated rings. The SMILES string of the molecule is CCOc1cc(/C=C2/SC(NC(C)=O)=NC2=O)cc(Cl)c1OS(=O)(=O)c1ccc(Cl)cc1. The Labute approximate surface area is 198 Å². The first-order valence-electron chi connectivity index (χ1n) is 9.05. The van der Waals surface area contributed by atoms with Crippen LogP contribution >= 0.6 is 35.0 Å². The summed E-state index contributed by atoms with van der Waals surface area (Å²) in [5.41, 5.74) is 0.449. The fourth-order valence-corrected chi connectivity index (χ4v) is 4.78. The highest BCUT2D eigenvalue weighted by Gasteiger charge is 2.25. The van der Waals surface area contributed by atoms with E-state index in [1.165, 1.54) is 49.4 Å². The van der Waals surface area contributed by atoms with Crippen LogP contribution in [-0.4, -0.2) is 32.0 Å². The van der Waals surface area contributed by atoms with E-state index in [-0.39, 0.29) is 44.0 Å². The van der Waals surface area contributed by atoms with Crippen LogP contribution in [0.5, 0.6) is 11.5 Å². The average Bonchev–Trinajstić information content (AvgIpc) is 3.03. The van der Waals surface area contributed by atoms with Gasteiger partial charge < -0.3 is 14.2 Å². The maximum atomic E-state index is 12.7. The van der Waals surface area contributed by atoms with E-state index in [1.807, 2.05) is 0 Å². The Bertz CT molecular complexity index is 1240. The number of amides is 2. The quantitative estimate of drug-likeness (QED) is 0.452. The van der Waals surface area contributed by atoms with Crippen molar-refractivity contribution in [3.05, 3.63) is 56.9 Å². The lowest BCUT2D eigenvalue weighted by atomic mass is 10.2. The van der Waals surface area contributed by atoms with Crippen LogP contribution in [0.2, 0.25) is 10.0 Å². The van der Waals surface area contributed by atoms with E-state index >= 15 is 0 Å². The number of rotatable bonds is 6. The Kier molecular flexibility index (Phi) is 7.50. The number of hydrogen-bond donors (Lipinski definition) is 1. The highest BCUT2D eigenvalue weighted by atomic mass is 35.5. The molecule has 1 aliphatic rings. The number of aliphatic imine (C=N–C) groups is 1. The molecular formula is C20H16Cl2N2O6S2. The molecule has 0 atom stereocenters. The van der Waals surface area contributed by atoms with E-state index in [9.17, 15) is 18.0 Å². The molecule has 1 N–H and O–H groups in total. The van der Waals surface area contributed by atoms with Gasteiger partial charge in [-0.25, -0.2) is 0 Å². The summed E-state index contributed by atoms with van der Waals surface area (Å²) in [7, 11) is -4.21. The van der Waals surface area contributed by atoms with Gasteiger partial charge in [-0.2, -0.15) is 13.4 Å². The molecule has 12 heteroatoms. The number of benzene rings is 2. The zero-order valence-corrected chi connectivity index (χ0v) is 19.9. The Morgan fingerprint density at radius 3 is 2.53 bits per heavy atom. The summed E-state index contributed by atoms with van der Waals surface area (Å²) >= 11 is 13.1. The number of hydrogen-bond acceptors (Lipinski definition) is 7. The van der Waals surface area contributed by atoms with Crippen molar-refractivity contribution >= 4 is 68.1 Å². The Morgan fingerprint density at radius 1 is 1.22 bits per heavy atom. The molecule has 0 saturated carbocycles. The molecule has 0 aliphatic carbocycles. The molecule has 168 valence electrons. The van der Waals surface area contributed by atoms with Crippen LogP contribution in [-0.2, 0) is 19.7 Å². The minimum atomic E-state index is -4.21. The molecule has 1 aliphatic heterocycles. The van der Waals surface area contributed by atoms with Crippen molar-refractivity contribution in [3.63, 3.8) is 0 Å². The number of ether oxygens (including phenoxy) is 1. The van der Waals surface area contributed by atoms with E-state index in [1.54, 1.807) is 6.92 Å². The molecular weight excluding hydrogens is 499 g/mol. The summed E-state index contributed by atoms with van der Waals surface area (Å²) < 4.78 is 36.1. The highest BCUT2D eigenvalue weighted by Crippen LogP contribution is 2.40. The maximum Gasteiger partial charge on any atom is 0.339 e. The van der Waals surface area contributed by atoms with Gasteiger partial charge in [-0.15, -0.1) is 0 Å². The fourth-order valence-electron chi connectivity index (χ4n) is 2.54. The first-order valence-corrected chi connectivity index (χ1v) is 12.0. The van der Waals surface area contributed by atoms with Crippen molar-refractivity contribution in [1.82, 2.24) is 5.32 Å².